The summed E-state index contributed by atoms with van der Waals surface area (Å²) >= 11 is 3.55. The number of carbonyl (C=O) groups is 2. The first-order chi connectivity index (χ1) is 15.3. The molecule has 0 bridgehead atoms. The Bertz CT molecular complexity index is 1100. The third-order valence-corrected chi connectivity index (χ3v) is 7.22. The van der Waals surface area contributed by atoms with Crippen LogP contribution in [-0.4, -0.2) is 59.3 Å². The van der Waals surface area contributed by atoms with Gasteiger partial charge in [-0.3, -0.25) is 9.59 Å². The number of nitrogens with one attached hydrogen (secondary N) is 2. The highest BCUT2D eigenvalue weighted by Crippen LogP contribution is 2.39. The fourth-order valence-corrected chi connectivity index (χ4v) is 5.37. The van der Waals surface area contributed by atoms with Crippen molar-refractivity contribution in [2.24, 2.45) is 0 Å². The van der Waals surface area contributed by atoms with Crippen LogP contribution in [0.5, 0.6) is 0 Å². The first kappa shape index (κ1) is 22.8. The monoisotopic (exact) mass is 498 g/mol. The number of aromatic amines is 1. The van der Waals surface area contributed by atoms with E-state index in [1.165, 1.54) is 0 Å². The summed E-state index contributed by atoms with van der Waals surface area (Å²) in [4.78, 5) is 34.0. The Labute approximate surface area is 198 Å². The van der Waals surface area contributed by atoms with Gasteiger partial charge in [0.15, 0.2) is 0 Å². The van der Waals surface area contributed by atoms with Gasteiger partial charge in [0, 0.05) is 41.1 Å². The summed E-state index contributed by atoms with van der Waals surface area (Å²) in [6.45, 7) is 12.7. The number of hydrogen-bond donors (Lipinski definition) is 2. The van der Waals surface area contributed by atoms with Crippen molar-refractivity contribution in [3.8, 4) is 0 Å². The van der Waals surface area contributed by atoms with Gasteiger partial charge in [-0.25, -0.2) is 0 Å². The molecule has 4 rings (SSSR count). The Hall–Kier alpha value is -2.38. The van der Waals surface area contributed by atoms with E-state index >= 15 is 0 Å². The molecule has 0 radical (unpaired) electrons. The molecule has 2 aliphatic rings. The number of anilines is 1. The number of benzene rings is 1. The summed E-state index contributed by atoms with van der Waals surface area (Å²) in [5, 5.41) is 2.96. The summed E-state index contributed by atoms with van der Waals surface area (Å²) in [6.07, 6.45) is 3.66. The number of H-pyrrole nitrogens is 1. The smallest absolute Gasteiger partial charge is 0.256 e. The second-order valence-corrected chi connectivity index (χ2v) is 9.48. The summed E-state index contributed by atoms with van der Waals surface area (Å²) in [5.74, 6) is -0.0272. The highest BCUT2D eigenvalue weighted by Gasteiger charge is 2.30. The van der Waals surface area contributed by atoms with Gasteiger partial charge in [0.2, 0.25) is 0 Å². The van der Waals surface area contributed by atoms with E-state index in [1.807, 2.05) is 37.0 Å². The quantitative estimate of drug-likeness (QED) is 0.571. The van der Waals surface area contributed by atoms with Crippen molar-refractivity contribution in [3.63, 3.8) is 0 Å². The second kappa shape index (κ2) is 9.24. The molecule has 0 spiro atoms. The zero-order valence-electron chi connectivity index (χ0n) is 19.3. The number of likely N-dealkylation sites (N-methyl/N-ethyl adjacent to an activating group) is 1. The summed E-state index contributed by atoms with van der Waals surface area (Å²) in [5.41, 5.74) is 6.90. The molecule has 7 heteroatoms. The number of halogens is 1. The van der Waals surface area contributed by atoms with Crippen molar-refractivity contribution in [1.82, 2.24) is 14.8 Å². The van der Waals surface area contributed by atoms with Crippen LogP contribution in [0, 0.1) is 13.8 Å². The van der Waals surface area contributed by atoms with Gasteiger partial charge < -0.3 is 20.1 Å². The van der Waals surface area contributed by atoms with Crippen LogP contribution >= 0.6 is 15.9 Å². The number of fused-ring (bicyclic) bond motifs is 2. The van der Waals surface area contributed by atoms with Crippen LogP contribution in [-0.2, 0) is 11.2 Å². The number of carbonyl (C=O) groups excluding carboxylic acids is 2. The number of aryl methyl sites for hydroxylation is 2. The Morgan fingerprint density at radius 2 is 1.94 bits per heavy atom. The van der Waals surface area contributed by atoms with Crippen molar-refractivity contribution in [3.05, 3.63) is 50.2 Å². The Balaban J connectivity index is 1.67. The highest BCUT2D eigenvalue weighted by atomic mass is 79.9. The fourth-order valence-electron chi connectivity index (χ4n) is 4.70. The maximum absolute atomic E-state index is 13.4. The molecule has 0 fully saturated rings. The van der Waals surface area contributed by atoms with Gasteiger partial charge in [-0.1, -0.05) is 13.8 Å². The van der Waals surface area contributed by atoms with E-state index in [1.54, 1.807) is 0 Å². The van der Waals surface area contributed by atoms with E-state index in [9.17, 15) is 9.59 Å². The van der Waals surface area contributed by atoms with E-state index < -0.39 is 0 Å². The number of aromatic nitrogens is 1. The predicted molar refractivity (Wildman–Crippen MR) is 133 cm³/mol. The van der Waals surface area contributed by atoms with Crippen LogP contribution in [0.2, 0.25) is 0 Å². The minimum absolute atomic E-state index is 0.0953. The van der Waals surface area contributed by atoms with Crippen molar-refractivity contribution in [2.75, 3.05) is 38.0 Å². The minimum Gasteiger partial charge on any atom is -0.358 e. The molecule has 2 aliphatic heterocycles. The minimum atomic E-state index is -0.123. The lowest BCUT2D eigenvalue weighted by molar-refractivity contribution is -0.110. The lowest BCUT2D eigenvalue weighted by atomic mass is 10.0. The Morgan fingerprint density at radius 1 is 1.19 bits per heavy atom. The Kier molecular flexibility index (Phi) is 6.58. The topological polar surface area (TPSA) is 68.4 Å². The standard InChI is InChI=1S/C25H31BrN4O2/c1-5-29(6-2)10-11-30-9-7-8-20-22(25(30)32)16(4)21(27-20)14-18-17-12-15(3)13-19(26)23(17)28-24(18)31/h12-14,27H,5-11H2,1-4H3,(H,28,31)/b18-14-. The lowest BCUT2D eigenvalue weighted by Crippen LogP contribution is -2.38. The molecule has 0 aliphatic carbocycles. The number of rotatable bonds is 6. The molecule has 1 aromatic carbocycles. The van der Waals surface area contributed by atoms with E-state index in [-0.39, 0.29) is 11.8 Å². The van der Waals surface area contributed by atoms with Crippen LogP contribution in [0.1, 0.15) is 58.7 Å². The van der Waals surface area contributed by atoms with E-state index in [0.29, 0.717) is 5.57 Å². The van der Waals surface area contributed by atoms with Crippen LogP contribution in [0.3, 0.4) is 0 Å². The van der Waals surface area contributed by atoms with Crippen LogP contribution in [0.25, 0.3) is 11.6 Å². The molecule has 32 heavy (non-hydrogen) atoms. The molecule has 0 saturated carbocycles. The average molecular weight is 499 g/mol. The molecule has 2 aromatic rings. The first-order valence-corrected chi connectivity index (χ1v) is 12.2. The lowest BCUT2D eigenvalue weighted by Gasteiger charge is -2.25. The molecule has 0 saturated heterocycles. The van der Waals surface area contributed by atoms with E-state index in [4.69, 9.17) is 0 Å². The molecule has 0 unspecified atom stereocenters. The van der Waals surface area contributed by atoms with Gasteiger partial charge in [0.25, 0.3) is 11.8 Å². The molecule has 2 N–H and O–H groups in total. The van der Waals surface area contributed by atoms with Crippen LogP contribution in [0.4, 0.5) is 5.69 Å². The molecular formula is C25H31BrN4O2. The van der Waals surface area contributed by atoms with Gasteiger partial charge in [-0.05, 0) is 85.0 Å². The van der Waals surface area contributed by atoms with Crippen molar-refractivity contribution in [1.29, 1.82) is 0 Å². The van der Waals surface area contributed by atoms with Crippen molar-refractivity contribution < 1.29 is 9.59 Å². The van der Waals surface area contributed by atoms with Gasteiger partial charge >= 0.3 is 0 Å². The first-order valence-electron chi connectivity index (χ1n) is 11.4. The number of hydrogen-bond acceptors (Lipinski definition) is 3. The zero-order chi connectivity index (χ0) is 23.0. The molecule has 170 valence electrons. The van der Waals surface area contributed by atoms with Crippen LogP contribution in [0.15, 0.2) is 16.6 Å². The zero-order valence-corrected chi connectivity index (χ0v) is 20.9. The maximum atomic E-state index is 13.4. The molecule has 0 atom stereocenters. The molecule has 3 heterocycles. The van der Waals surface area contributed by atoms with Crippen molar-refractivity contribution >= 4 is 45.1 Å². The normalized spacial score (nSPS) is 17.1. The van der Waals surface area contributed by atoms with E-state index in [0.717, 1.165) is 89.4 Å². The average Bonchev–Trinajstić information content (AvgIpc) is 3.18. The predicted octanol–water partition coefficient (Wildman–Crippen LogP) is 4.62. The Morgan fingerprint density at radius 3 is 2.66 bits per heavy atom. The largest absolute Gasteiger partial charge is 0.358 e. The van der Waals surface area contributed by atoms with Gasteiger partial charge in [0.1, 0.15) is 0 Å². The molecule has 1 aromatic heterocycles. The molecule has 2 amide bonds. The van der Waals surface area contributed by atoms with E-state index in [2.05, 4.69) is 45.0 Å². The SMILES string of the molecule is CCN(CC)CCN1CCCc2[nH]c(/C=C3\C(=O)Nc4c(Br)cc(C)cc43)c(C)c2C1=O. The van der Waals surface area contributed by atoms with Crippen molar-refractivity contribution in [2.45, 2.75) is 40.5 Å². The number of amides is 2. The van der Waals surface area contributed by atoms with Gasteiger partial charge in [-0.2, -0.15) is 0 Å². The fraction of sp³-hybridized carbons (Fsp3) is 0.440. The number of nitrogens with zero attached hydrogens (tertiary/aromatic N) is 2. The highest BCUT2D eigenvalue weighted by molar-refractivity contribution is 9.10. The third kappa shape index (κ3) is 4.16. The van der Waals surface area contributed by atoms with Gasteiger partial charge in [0.05, 0.1) is 16.8 Å². The molecule has 6 nitrogen and oxygen atoms in total. The second-order valence-electron chi connectivity index (χ2n) is 8.62. The van der Waals surface area contributed by atoms with Gasteiger partial charge in [-0.15, -0.1) is 0 Å². The maximum Gasteiger partial charge on any atom is 0.256 e. The summed E-state index contributed by atoms with van der Waals surface area (Å²) in [6, 6.07) is 4.02. The molecular weight excluding hydrogens is 468 g/mol. The third-order valence-electron chi connectivity index (χ3n) is 6.60. The summed E-state index contributed by atoms with van der Waals surface area (Å²) in [7, 11) is 0. The summed E-state index contributed by atoms with van der Waals surface area (Å²) < 4.78 is 0.877. The van der Waals surface area contributed by atoms with Crippen LogP contribution < -0.4 is 5.32 Å².